The number of benzene rings is 2. The highest BCUT2D eigenvalue weighted by atomic mass is 32.2. The predicted octanol–water partition coefficient (Wildman–Crippen LogP) is 4.06. The highest BCUT2D eigenvalue weighted by molar-refractivity contribution is 7.90. The smallest absolute Gasteiger partial charge is 0.269 e. The van der Waals surface area contributed by atoms with Crippen LogP contribution in [-0.4, -0.2) is 57.0 Å². The summed E-state index contributed by atoms with van der Waals surface area (Å²) in [7, 11) is -3.84. The van der Waals surface area contributed by atoms with Gasteiger partial charge in [-0.1, -0.05) is 48.5 Å². The molecule has 1 fully saturated rings. The third kappa shape index (κ3) is 4.43. The summed E-state index contributed by atoms with van der Waals surface area (Å²) >= 11 is 0. The molecule has 0 aliphatic carbocycles. The first-order valence-corrected chi connectivity index (χ1v) is 14.0. The van der Waals surface area contributed by atoms with Crippen LogP contribution in [0.15, 0.2) is 78.0 Å². The van der Waals surface area contributed by atoms with Crippen molar-refractivity contribution in [2.24, 2.45) is 0 Å². The van der Waals surface area contributed by atoms with Crippen molar-refractivity contribution in [2.45, 2.75) is 36.6 Å². The van der Waals surface area contributed by atoms with Gasteiger partial charge in [-0.25, -0.2) is 22.4 Å². The van der Waals surface area contributed by atoms with Crippen LogP contribution in [0.25, 0.3) is 22.1 Å². The van der Waals surface area contributed by atoms with Gasteiger partial charge in [0.1, 0.15) is 11.3 Å². The van der Waals surface area contributed by atoms with Crippen molar-refractivity contribution in [1.29, 1.82) is 0 Å². The minimum Gasteiger partial charge on any atom is -0.396 e. The molecule has 0 bridgehead atoms. The largest absolute Gasteiger partial charge is 0.396 e. The number of aliphatic hydroxyl groups excluding tert-OH is 1. The molecule has 1 aliphatic rings. The van der Waals surface area contributed by atoms with Crippen LogP contribution in [0.1, 0.15) is 35.7 Å². The zero-order valence-corrected chi connectivity index (χ0v) is 21.2. The second kappa shape index (κ2) is 9.74. The van der Waals surface area contributed by atoms with Gasteiger partial charge in [0.2, 0.25) is 0 Å². The van der Waals surface area contributed by atoms with E-state index in [4.69, 9.17) is 0 Å². The van der Waals surface area contributed by atoms with E-state index in [1.807, 2.05) is 6.07 Å². The number of piperidine rings is 1. The molecule has 5 aromatic rings. The summed E-state index contributed by atoms with van der Waals surface area (Å²) in [6.45, 7) is 2.75. The van der Waals surface area contributed by atoms with Gasteiger partial charge in [0.15, 0.2) is 5.65 Å². The summed E-state index contributed by atoms with van der Waals surface area (Å²) in [6.07, 6.45) is 5.62. The highest BCUT2D eigenvalue weighted by Gasteiger charge is 2.29. The van der Waals surface area contributed by atoms with Crippen LogP contribution >= 0.6 is 0 Å². The predicted molar refractivity (Wildman–Crippen MR) is 143 cm³/mol. The van der Waals surface area contributed by atoms with Gasteiger partial charge in [-0.3, -0.25) is 4.90 Å². The third-order valence-electron chi connectivity index (χ3n) is 7.24. The SMILES string of the molecule is O=S(=O)(c1ccccc1)n1cc(C2CCN(Cc3ccccc3)CC2)c2c3[nH]c(CCO)nc3cnc21. The van der Waals surface area contributed by atoms with Crippen molar-refractivity contribution in [3.05, 3.63) is 90.0 Å². The molecule has 190 valence electrons. The number of aliphatic hydroxyl groups is 1. The summed E-state index contributed by atoms with van der Waals surface area (Å²) in [6, 6.07) is 18.9. The van der Waals surface area contributed by atoms with E-state index in [9.17, 15) is 13.5 Å². The number of H-pyrrole nitrogens is 1. The molecular weight excluding hydrogens is 486 g/mol. The van der Waals surface area contributed by atoms with E-state index in [-0.39, 0.29) is 17.4 Å². The number of nitrogens with one attached hydrogen (secondary N) is 1. The van der Waals surface area contributed by atoms with E-state index < -0.39 is 10.0 Å². The fourth-order valence-corrected chi connectivity index (χ4v) is 6.73. The molecule has 9 heteroatoms. The number of hydrogen-bond donors (Lipinski definition) is 2. The second-order valence-corrected chi connectivity index (χ2v) is 11.4. The molecule has 1 aliphatic heterocycles. The number of rotatable bonds is 7. The van der Waals surface area contributed by atoms with Gasteiger partial charge in [0.25, 0.3) is 10.0 Å². The maximum absolute atomic E-state index is 13.7. The van der Waals surface area contributed by atoms with E-state index >= 15 is 0 Å². The van der Waals surface area contributed by atoms with Crippen LogP contribution in [0, 0.1) is 0 Å². The van der Waals surface area contributed by atoms with E-state index in [0.717, 1.165) is 48.9 Å². The first-order chi connectivity index (χ1) is 18.0. The summed E-state index contributed by atoms with van der Waals surface area (Å²) < 4.78 is 28.7. The van der Waals surface area contributed by atoms with Gasteiger partial charge in [-0.15, -0.1) is 0 Å². The van der Waals surface area contributed by atoms with E-state index in [0.29, 0.717) is 23.4 Å². The summed E-state index contributed by atoms with van der Waals surface area (Å²) in [4.78, 5) is 15.2. The molecule has 6 rings (SSSR count). The van der Waals surface area contributed by atoms with Gasteiger partial charge in [0.05, 0.1) is 23.2 Å². The topological polar surface area (TPSA) is 104 Å². The van der Waals surface area contributed by atoms with Crippen molar-refractivity contribution < 1.29 is 13.5 Å². The molecule has 0 saturated carbocycles. The number of fused-ring (bicyclic) bond motifs is 3. The average Bonchev–Trinajstić information content (AvgIpc) is 3.52. The summed E-state index contributed by atoms with van der Waals surface area (Å²) in [5.74, 6) is 0.854. The minimum atomic E-state index is -3.84. The number of hydrogen-bond acceptors (Lipinski definition) is 6. The molecule has 2 N–H and O–H groups in total. The maximum Gasteiger partial charge on any atom is 0.269 e. The maximum atomic E-state index is 13.7. The lowest BCUT2D eigenvalue weighted by Crippen LogP contribution is -2.32. The lowest BCUT2D eigenvalue weighted by Gasteiger charge is -2.32. The van der Waals surface area contributed by atoms with Crippen molar-refractivity contribution in [3.8, 4) is 0 Å². The molecule has 0 spiro atoms. The Morgan fingerprint density at radius 2 is 1.70 bits per heavy atom. The summed E-state index contributed by atoms with van der Waals surface area (Å²) in [5, 5.41) is 10.2. The van der Waals surface area contributed by atoms with Crippen LogP contribution in [0.2, 0.25) is 0 Å². The highest BCUT2D eigenvalue weighted by Crippen LogP contribution is 2.38. The van der Waals surface area contributed by atoms with E-state index in [2.05, 4.69) is 44.1 Å². The zero-order chi connectivity index (χ0) is 25.4. The third-order valence-corrected chi connectivity index (χ3v) is 8.91. The average molecular weight is 516 g/mol. The Balaban J connectivity index is 1.42. The Kier molecular flexibility index (Phi) is 6.27. The first kappa shape index (κ1) is 23.8. The molecule has 0 atom stereocenters. The molecular formula is C28H29N5O3S. The first-order valence-electron chi connectivity index (χ1n) is 12.6. The van der Waals surface area contributed by atoms with Gasteiger partial charge < -0.3 is 10.1 Å². The monoisotopic (exact) mass is 515 g/mol. The van der Waals surface area contributed by atoms with Crippen LogP contribution in [-0.2, 0) is 23.0 Å². The Morgan fingerprint density at radius 1 is 1.00 bits per heavy atom. The number of pyridine rings is 1. The van der Waals surface area contributed by atoms with Crippen molar-refractivity contribution in [3.63, 3.8) is 0 Å². The van der Waals surface area contributed by atoms with Crippen LogP contribution < -0.4 is 0 Å². The molecule has 8 nitrogen and oxygen atoms in total. The van der Waals surface area contributed by atoms with E-state index in [1.165, 1.54) is 9.54 Å². The van der Waals surface area contributed by atoms with Gasteiger partial charge >= 0.3 is 0 Å². The quantitative estimate of drug-likeness (QED) is 0.339. The Labute approximate surface area is 215 Å². The normalized spacial score (nSPS) is 15.6. The molecule has 4 heterocycles. The number of aromatic nitrogens is 4. The fraction of sp³-hybridized carbons (Fsp3) is 0.286. The Bertz CT molecular complexity index is 1640. The number of imidazole rings is 1. The second-order valence-electron chi connectivity index (χ2n) is 9.61. The lowest BCUT2D eigenvalue weighted by atomic mass is 9.89. The number of likely N-dealkylation sites (tertiary alicyclic amines) is 1. The standard InChI is InChI=1S/C28H29N5O3S/c34-16-13-25-30-24-17-29-28-26(27(24)31-25)23(19-33(28)37(35,36)22-9-5-2-6-10-22)21-11-14-32(15-12-21)18-20-7-3-1-4-8-20/h1-10,17,19,21,34H,11-16,18H2,(H,30,31). The van der Waals surface area contributed by atoms with Crippen molar-refractivity contribution in [1.82, 2.24) is 23.8 Å². The van der Waals surface area contributed by atoms with Gasteiger partial charge in [-0.2, -0.15) is 0 Å². The van der Waals surface area contributed by atoms with Gasteiger partial charge in [0, 0.05) is 24.5 Å². The zero-order valence-electron chi connectivity index (χ0n) is 20.4. The Hall–Kier alpha value is -3.53. The molecule has 1 saturated heterocycles. The molecule has 0 amide bonds. The summed E-state index contributed by atoms with van der Waals surface area (Å²) in [5.41, 5.74) is 4.13. The Morgan fingerprint density at radius 3 is 2.41 bits per heavy atom. The van der Waals surface area contributed by atoms with E-state index in [1.54, 1.807) is 42.7 Å². The molecule has 3 aromatic heterocycles. The molecule has 0 unspecified atom stereocenters. The van der Waals surface area contributed by atoms with Crippen LogP contribution in [0.4, 0.5) is 0 Å². The molecule has 2 aromatic carbocycles. The van der Waals surface area contributed by atoms with Crippen LogP contribution in [0.3, 0.4) is 0 Å². The number of nitrogens with zero attached hydrogens (tertiary/aromatic N) is 4. The molecule has 0 radical (unpaired) electrons. The van der Waals surface area contributed by atoms with Crippen LogP contribution in [0.5, 0.6) is 0 Å². The number of aromatic amines is 1. The minimum absolute atomic E-state index is 0.0213. The van der Waals surface area contributed by atoms with Crippen molar-refractivity contribution >= 4 is 32.1 Å². The molecule has 37 heavy (non-hydrogen) atoms. The fourth-order valence-electron chi connectivity index (χ4n) is 5.38. The van der Waals surface area contributed by atoms with Gasteiger partial charge in [-0.05, 0) is 55.1 Å². The van der Waals surface area contributed by atoms with Crippen molar-refractivity contribution in [2.75, 3.05) is 19.7 Å². The lowest BCUT2D eigenvalue weighted by molar-refractivity contribution is 0.205.